The van der Waals surface area contributed by atoms with Crippen molar-refractivity contribution < 1.29 is 14.9 Å². The maximum Gasteiger partial charge on any atom is 0.0791 e. The number of morpholine rings is 1. The molecule has 2 unspecified atom stereocenters. The number of β-amino-alcohol motifs (C(OH)–C–C–N with tert-alkyl or cyclic N) is 1. The van der Waals surface area contributed by atoms with Gasteiger partial charge in [-0.1, -0.05) is 20.8 Å². The highest BCUT2D eigenvalue weighted by molar-refractivity contribution is 4.73. The van der Waals surface area contributed by atoms with Gasteiger partial charge in [-0.15, -0.1) is 0 Å². The molecule has 0 spiro atoms. The molecule has 3 N–H and O–H groups in total. The van der Waals surface area contributed by atoms with Crippen LogP contribution in [0, 0.1) is 5.41 Å². The molecule has 5 heteroatoms. The minimum absolute atomic E-state index is 0.132. The van der Waals surface area contributed by atoms with Crippen molar-refractivity contribution >= 4 is 0 Å². The molecule has 1 aliphatic heterocycles. The number of rotatable bonds is 7. The molecule has 0 aromatic carbocycles. The molecule has 1 rings (SSSR count). The smallest absolute Gasteiger partial charge is 0.0791 e. The number of nitrogens with zero attached hydrogens (tertiary/aromatic N) is 1. The molecular weight excluding hydrogens is 244 g/mol. The molecule has 0 aromatic rings. The minimum Gasteiger partial charge on any atom is -0.392 e. The van der Waals surface area contributed by atoms with E-state index in [0.29, 0.717) is 19.6 Å². The number of aliphatic hydroxyl groups is 2. The van der Waals surface area contributed by atoms with E-state index in [-0.39, 0.29) is 17.6 Å². The highest BCUT2D eigenvalue weighted by Crippen LogP contribution is 2.20. The van der Waals surface area contributed by atoms with Crippen molar-refractivity contribution in [3.8, 4) is 0 Å². The van der Waals surface area contributed by atoms with Gasteiger partial charge in [0.05, 0.1) is 25.4 Å². The van der Waals surface area contributed by atoms with Crippen molar-refractivity contribution in [1.82, 2.24) is 10.2 Å². The maximum absolute atomic E-state index is 9.92. The van der Waals surface area contributed by atoms with Crippen LogP contribution in [0.15, 0.2) is 0 Å². The number of aliphatic hydroxyl groups excluding tert-OH is 2. The zero-order valence-electron chi connectivity index (χ0n) is 12.6. The topological polar surface area (TPSA) is 65.0 Å². The Bertz CT molecular complexity index is 237. The number of hydrogen-bond donors (Lipinski definition) is 3. The molecule has 0 aromatic heterocycles. The molecule has 5 nitrogen and oxygen atoms in total. The highest BCUT2D eigenvalue weighted by Gasteiger charge is 2.17. The first-order valence-electron chi connectivity index (χ1n) is 7.24. The first-order chi connectivity index (χ1) is 8.87. The molecule has 1 heterocycles. The largest absolute Gasteiger partial charge is 0.392 e. The van der Waals surface area contributed by atoms with Crippen LogP contribution >= 0.6 is 0 Å². The van der Waals surface area contributed by atoms with Gasteiger partial charge in [-0.05, 0) is 11.8 Å². The van der Waals surface area contributed by atoms with E-state index in [9.17, 15) is 10.2 Å². The lowest BCUT2D eigenvalue weighted by Crippen LogP contribution is -2.44. The molecular formula is C14H30N2O3. The second-order valence-corrected chi connectivity index (χ2v) is 6.64. The summed E-state index contributed by atoms with van der Waals surface area (Å²) in [5, 5.41) is 22.9. The van der Waals surface area contributed by atoms with Crippen molar-refractivity contribution in [2.45, 2.75) is 39.4 Å². The van der Waals surface area contributed by atoms with Crippen LogP contribution in [0.1, 0.15) is 27.2 Å². The van der Waals surface area contributed by atoms with Gasteiger partial charge in [0.15, 0.2) is 0 Å². The van der Waals surface area contributed by atoms with Gasteiger partial charge in [0.25, 0.3) is 0 Å². The molecule has 1 saturated heterocycles. The quantitative estimate of drug-likeness (QED) is 0.613. The van der Waals surface area contributed by atoms with Crippen LogP contribution in [-0.4, -0.2) is 73.3 Å². The Labute approximate surface area is 116 Å². The average molecular weight is 274 g/mol. The van der Waals surface area contributed by atoms with E-state index in [1.54, 1.807) is 0 Å². The molecule has 0 saturated carbocycles. The van der Waals surface area contributed by atoms with Crippen LogP contribution < -0.4 is 5.32 Å². The summed E-state index contributed by atoms with van der Waals surface area (Å²) in [6, 6.07) is 0. The molecule has 19 heavy (non-hydrogen) atoms. The predicted molar refractivity (Wildman–Crippen MR) is 76.2 cm³/mol. The zero-order chi connectivity index (χ0) is 14.3. The highest BCUT2D eigenvalue weighted by atomic mass is 16.5. The van der Waals surface area contributed by atoms with Crippen LogP contribution in [0.3, 0.4) is 0 Å². The lowest BCUT2D eigenvalue weighted by atomic mass is 9.89. The first kappa shape index (κ1) is 16.9. The number of nitrogens with one attached hydrogen (secondary N) is 1. The van der Waals surface area contributed by atoms with Crippen molar-refractivity contribution in [3.05, 3.63) is 0 Å². The van der Waals surface area contributed by atoms with E-state index in [0.717, 1.165) is 32.7 Å². The van der Waals surface area contributed by atoms with Gasteiger partial charge in [0.2, 0.25) is 0 Å². The van der Waals surface area contributed by atoms with Gasteiger partial charge >= 0.3 is 0 Å². The summed E-state index contributed by atoms with van der Waals surface area (Å²) in [7, 11) is 0. The normalized spacial score (nSPS) is 21.3. The van der Waals surface area contributed by atoms with Gasteiger partial charge in [-0.25, -0.2) is 0 Å². The van der Waals surface area contributed by atoms with E-state index >= 15 is 0 Å². The third kappa shape index (κ3) is 8.55. The molecule has 114 valence electrons. The summed E-state index contributed by atoms with van der Waals surface area (Å²) in [6.07, 6.45) is 0.0232. The summed E-state index contributed by atoms with van der Waals surface area (Å²) in [5.41, 5.74) is 0.132. The van der Waals surface area contributed by atoms with E-state index in [1.807, 2.05) is 0 Å². The fourth-order valence-electron chi connectivity index (χ4n) is 2.34. The van der Waals surface area contributed by atoms with E-state index in [2.05, 4.69) is 31.0 Å². The molecule has 0 amide bonds. The molecule has 1 aliphatic rings. The van der Waals surface area contributed by atoms with Crippen LogP contribution in [0.25, 0.3) is 0 Å². The van der Waals surface area contributed by atoms with Crippen LogP contribution in [-0.2, 0) is 4.74 Å². The Morgan fingerprint density at radius 1 is 1.11 bits per heavy atom. The zero-order valence-corrected chi connectivity index (χ0v) is 12.6. The van der Waals surface area contributed by atoms with Gasteiger partial charge in [-0.3, -0.25) is 4.90 Å². The molecule has 2 atom stereocenters. The van der Waals surface area contributed by atoms with Gasteiger partial charge < -0.3 is 20.3 Å². The molecule has 0 radical (unpaired) electrons. The van der Waals surface area contributed by atoms with Crippen molar-refractivity contribution in [3.63, 3.8) is 0 Å². The van der Waals surface area contributed by atoms with E-state index < -0.39 is 0 Å². The van der Waals surface area contributed by atoms with E-state index in [1.165, 1.54) is 0 Å². The standard InChI is InChI=1S/C14H30N2O3/c1-14(2,3)8-12(17)9-15-10-13(18)11-16-4-6-19-7-5-16/h12-13,15,17-18H,4-11H2,1-3H3. The second kappa shape index (κ2) is 8.17. The third-order valence-corrected chi connectivity index (χ3v) is 3.18. The van der Waals surface area contributed by atoms with Crippen molar-refractivity contribution in [2.24, 2.45) is 5.41 Å². The lowest BCUT2D eigenvalue weighted by Gasteiger charge is -2.29. The second-order valence-electron chi connectivity index (χ2n) is 6.64. The number of ether oxygens (including phenoxy) is 1. The summed E-state index contributed by atoms with van der Waals surface area (Å²) < 4.78 is 5.27. The van der Waals surface area contributed by atoms with Gasteiger partial charge in [0, 0.05) is 32.7 Å². The molecule has 1 fully saturated rings. The summed E-state index contributed by atoms with van der Waals surface area (Å²) in [5.74, 6) is 0. The fourth-order valence-corrected chi connectivity index (χ4v) is 2.34. The van der Waals surface area contributed by atoms with Crippen LogP contribution in [0.4, 0.5) is 0 Å². The Hall–Kier alpha value is -0.200. The monoisotopic (exact) mass is 274 g/mol. The maximum atomic E-state index is 9.92. The van der Waals surface area contributed by atoms with Crippen LogP contribution in [0.2, 0.25) is 0 Å². The Kier molecular flexibility index (Phi) is 7.25. The van der Waals surface area contributed by atoms with Crippen LogP contribution in [0.5, 0.6) is 0 Å². The summed E-state index contributed by atoms with van der Waals surface area (Å²) in [4.78, 5) is 2.21. The number of hydrogen-bond acceptors (Lipinski definition) is 5. The molecule has 0 bridgehead atoms. The SMILES string of the molecule is CC(C)(C)CC(O)CNCC(O)CN1CCOCC1. The minimum atomic E-state index is -0.389. The first-order valence-corrected chi connectivity index (χ1v) is 7.24. The predicted octanol–water partition coefficient (Wildman–Crippen LogP) is 0.0662. The summed E-state index contributed by atoms with van der Waals surface area (Å²) in [6.45, 7) is 11.4. The average Bonchev–Trinajstić information content (AvgIpc) is 2.27. The Morgan fingerprint density at radius 3 is 2.26 bits per heavy atom. The molecule has 0 aliphatic carbocycles. The van der Waals surface area contributed by atoms with E-state index in [4.69, 9.17) is 4.74 Å². The van der Waals surface area contributed by atoms with Gasteiger partial charge in [0.1, 0.15) is 0 Å². The third-order valence-electron chi connectivity index (χ3n) is 3.18. The Balaban J connectivity index is 2.07. The van der Waals surface area contributed by atoms with Crippen molar-refractivity contribution in [1.29, 1.82) is 0 Å². The van der Waals surface area contributed by atoms with Gasteiger partial charge in [-0.2, -0.15) is 0 Å². The Morgan fingerprint density at radius 2 is 1.68 bits per heavy atom. The summed E-state index contributed by atoms with van der Waals surface area (Å²) >= 11 is 0. The van der Waals surface area contributed by atoms with Crippen molar-refractivity contribution in [2.75, 3.05) is 45.9 Å². The fraction of sp³-hybridized carbons (Fsp3) is 1.00. The lowest BCUT2D eigenvalue weighted by molar-refractivity contribution is 0.0142.